The van der Waals surface area contributed by atoms with Gasteiger partial charge in [-0.2, -0.15) is 5.10 Å². The number of nitrogens with zero attached hydrogens (tertiary/aromatic N) is 4. The Balaban J connectivity index is 1.18. The lowest BCUT2D eigenvalue weighted by Crippen LogP contribution is -2.55. The van der Waals surface area contributed by atoms with Crippen molar-refractivity contribution < 1.29 is 4.79 Å². The number of carbonyl (C=O) groups is 1. The molecule has 5 rings (SSSR count). The van der Waals surface area contributed by atoms with Gasteiger partial charge in [-0.15, -0.1) is 0 Å². The number of anilines is 1. The van der Waals surface area contributed by atoms with Gasteiger partial charge in [0.2, 0.25) is 0 Å². The first-order valence-corrected chi connectivity index (χ1v) is 11.1. The van der Waals surface area contributed by atoms with E-state index in [0.29, 0.717) is 17.7 Å². The maximum absolute atomic E-state index is 13.0. The number of rotatable bonds is 4. The normalized spacial score (nSPS) is 23.4. The molecule has 1 N–H and O–H groups in total. The van der Waals surface area contributed by atoms with E-state index < -0.39 is 0 Å². The minimum Gasteiger partial charge on any atom is -0.369 e. The Morgan fingerprint density at radius 2 is 1.90 bits per heavy atom. The van der Waals surface area contributed by atoms with Crippen LogP contribution in [0, 0.1) is 0 Å². The molecule has 2 aliphatic heterocycles. The van der Waals surface area contributed by atoms with Gasteiger partial charge in [-0.1, -0.05) is 17.7 Å². The summed E-state index contributed by atoms with van der Waals surface area (Å²) in [5, 5.41) is 8.14. The summed E-state index contributed by atoms with van der Waals surface area (Å²) in [6.45, 7) is 5.68. The van der Waals surface area contributed by atoms with Crippen LogP contribution in [0.5, 0.6) is 0 Å². The summed E-state index contributed by atoms with van der Waals surface area (Å²) in [5.74, 6) is 0.671. The molecule has 2 saturated heterocycles. The summed E-state index contributed by atoms with van der Waals surface area (Å²) < 4.78 is 0. The van der Waals surface area contributed by atoms with Gasteiger partial charge in [-0.25, -0.2) is 0 Å². The number of carbonyl (C=O) groups excluding carboxylic acids is 1. The molecule has 0 bridgehead atoms. The van der Waals surface area contributed by atoms with Gasteiger partial charge in [0.15, 0.2) is 0 Å². The molecule has 2 aromatic rings. The molecule has 0 radical (unpaired) electrons. The molecule has 3 fully saturated rings. The Kier molecular flexibility index (Phi) is 5.22. The van der Waals surface area contributed by atoms with E-state index in [1.165, 1.54) is 18.5 Å². The Bertz CT molecular complexity index is 872. The molecular formula is C22H28ClN5O. The van der Waals surface area contributed by atoms with Crippen molar-refractivity contribution in [3.63, 3.8) is 0 Å². The lowest BCUT2D eigenvalue weighted by atomic mass is 10.0. The van der Waals surface area contributed by atoms with Gasteiger partial charge >= 0.3 is 0 Å². The third-order valence-electron chi connectivity index (χ3n) is 6.52. The summed E-state index contributed by atoms with van der Waals surface area (Å²) >= 11 is 6.15. The second kappa shape index (κ2) is 8.00. The van der Waals surface area contributed by atoms with E-state index in [4.69, 9.17) is 11.6 Å². The Hall–Kier alpha value is -2.05. The van der Waals surface area contributed by atoms with Crippen molar-refractivity contribution in [3.05, 3.63) is 46.7 Å². The van der Waals surface area contributed by atoms with Crippen LogP contribution in [-0.4, -0.2) is 71.2 Å². The average molecular weight is 414 g/mol. The Labute approximate surface area is 176 Å². The van der Waals surface area contributed by atoms with Crippen LogP contribution < -0.4 is 4.90 Å². The second-order valence-corrected chi connectivity index (χ2v) is 8.97. The molecule has 3 aliphatic rings. The lowest BCUT2D eigenvalue weighted by molar-refractivity contribution is 0.0558. The standard InChI is InChI=1S/C22H28ClN5O/c23-17-3-1-4-18(13-17)26-9-11-27(12-10-26)19-5-2-8-28(15-19)22(29)21-14-20(24-25-21)16-6-7-16/h1,3-4,13-14,16,19H,2,5-12,15H2,(H,24,25)/t19-/m0/s1. The molecule has 7 heteroatoms. The average Bonchev–Trinajstić information content (AvgIpc) is 3.50. The van der Waals surface area contributed by atoms with Crippen molar-refractivity contribution in [1.82, 2.24) is 20.0 Å². The first kappa shape index (κ1) is 18.9. The molecule has 0 spiro atoms. The summed E-state index contributed by atoms with van der Waals surface area (Å²) in [6, 6.07) is 10.5. The molecule has 1 saturated carbocycles. The predicted molar refractivity (Wildman–Crippen MR) is 115 cm³/mol. The van der Waals surface area contributed by atoms with Gasteiger partial charge in [0.05, 0.1) is 0 Å². The van der Waals surface area contributed by atoms with Crippen LogP contribution in [0.25, 0.3) is 0 Å². The summed E-state index contributed by atoms with van der Waals surface area (Å²) in [4.78, 5) is 19.9. The minimum atomic E-state index is 0.0791. The van der Waals surface area contributed by atoms with Crippen LogP contribution in [0.4, 0.5) is 5.69 Å². The zero-order valence-electron chi connectivity index (χ0n) is 16.7. The molecule has 1 aromatic heterocycles. The van der Waals surface area contributed by atoms with E-state index in [2.05, 4.69) is 26.1 Å². The molecule has 154 valence electrons. The molecule has 3 heterocycles. The van der Waals surface area contributed by atoms with E-state index >= 15 is 0 Å². The number of nitrogens with one attached hydrogen (secondary N) is 1. The number of aromatic amines is 1. The van der Waals surface area contributed by atoms with Gasteiger partial charge in [0.25, 0.3) is 5.91 Å². The van der Waals surface area contributed by atoms with Crippen LogP contribution in [0.15, 0.2) is 30.3 Å². The SMILES string of the molecule is O=C(c1cc(C2CC2)[nH]n1)N1CCC[C@H](N2CCN(c3cccc(Cl)c3)CC2)C1. The monoisotopic (exact) mass is 413 g/mol. The van der Waals surface area contributed by atoms with Crippen molar-refractivity contribution in [3.8, 4) is 0 Å². The quantitative estimate of drug-likeness (QED) is 0.834. The third-order valence-corrected chi connectivity index (χ3v) is 6.76. The molecule has 1 aromatic carbocycles. The van der Waals surface area contributed by atoms with Gasteiger partial charge < -0.3 is 9.80 Å². The van der Waals surface area contributed by atoms with Crippen LogP contribution in [0.1, 0.15) is 47.8 Å². The number of halogens is 1. The van der Waals surface area contributed by atoms with Crippen LogP contribution in [0.2, 0.25) is 5.02 Å². The highest BCUT2D eigenvalue weighted by Crippen LogP contribution is 2.39. The highest BCUT2D eigenvalue weighted by atomic mass is 35.5. The number of aromatic nitrogens is 2. The van der Waals surface area contributed by atoms with Gasteiger partial charge in [-0.05, 0) is 49.9 Å². The highest BCUT2D eigenvalue weighted by molar-refractivity contribution is 6.30. The fourth-order valence-corrected chi connectivity index (χ4v) is 4.85. The first-order valence-electron chi connectivity index (χ1n) is 10.8. The maximum atomic E-state index is 13.0. The third kappa shape index (κ3) is 4.14. The van der Waals surface area contributed by atoms with Gasteiger partial charge in [-0.3, -0.25) is 14.8 Å². The van der Waals surface area contributed by atoms with Crippen molar-refractivity contribution in [1.29, 1.82) is 0 Å². The largest absolute Gasteiger partial charge is 0.369 e. The van der Waals surface area contributed by atoms with Crippen molar-refractivity contribution in [2.45, 2.75) is 37.6 Å². The number of piperidine rings is 1. The van der Waals surface area contributed by atoms with Crippen molar-refractivity contribution in [2.24, 2.45) is 0 Å². The molecule has 6 nitrogen and oxygen atoms in total. The zero-order valence-corrected chi connectivity index (χ0v) is 17.4. The summed E-state index contributed by atoms with van der Waals surface area (Å²) in [6.07, 6.45) is 4.64. The number of likely N-dealkylation sites (tertiary alicyclic amines) is 1. The fourth-order valence-electron chi connectivity index (χ4n) is 4.67. The molecular weight excluding hydrogens is 386 g/mol. The maximum Gasteiger partial charge on any atom is 0.274 e. The summed E-state index contributed by atoms with van der Waals surface area (Å²) in [5.41, 5.74) is 2.90. The zero-order chi connectivity index (χ0) is 19.8. The number of hydrogen-bond acceptors (Lipinski definition) is 4. The molecule has 1 atom stereocenters. The van der Waals surface area contributed by atoms with Crippen LogP contribution >= 0.6 is 11.6 Å². The summed E-state index contributed by atoms with van der Waals surface area (Å²) in [7, 11) is 0. The minimum absolute atomic E-state index is 0.0791. The number of H-pyrrole nitrogens is 1. The van der Waals surface area contributed by atoms with Crippen LogP contribution in [0.3, 0.4) is 0 Å². The van der Waals surface area contributed by atoms with Crippen molar-refractivity contribution >= 4 is 23.2 Å². The molecule has 1 aliphatic carbocycles. The Morgan fingerprint density at radius 1 is 1.07 bits per heavy atom. The highest BCUT2D eigenvalue weighted by Gasteiger charge is 2.32. The molecule has 29 heavy (non-hydrogen) atoms. The number of piperazine rings is 1. The van der Waals surface area contributed by atoms with E-state index in [-0.39, 0.29) is 5.91 Å². The number of hydrogen-bond donors (Lipinski definition) is 1. The van der Waals surface area contributed by atoms with Gasteiger partial charge in [0.1, 0.15) is 5.69 Å². The second-order valence-electron chi connectivity index (χ2n) is 8.53. The number of benzene rings is 1. The Morgan fingerprint density at radius 3 is 2.66 bits per heavy atom. The first-order chi connectivity index (χ1) is 14.2. The van der Waals surface area contributed by atoms with E-state index in [1.54, 1.807) is 0 Å². The lowest BCUT2D eigenvalue weighted by Gasteiger charge is -2.43. The van der Waals surface area contributed by atoms with Crippen molar-refractivity contribution in [2.75, 3.05) is 44.2 Å². The van der Waals surface area contributed by atoms with E-state index in [1.807, 2.05) is 29.2 Å². The van der Waals surface area contributed by atoms with Crippen LogP contribution in [-0.2, 0) is 0 Å². The van der Waals surface area contributed by atoms with Gasteiger partial charge in [0, 0.05) is 67.6 Å². The van der Waals surface area contributed by atoms with E-state index in [0.717, 1.165) is 62.8 Å². The topological polar surface area (TPSA) is 55.5 Å². The smallest absolute Gasteiger partial charge is 0.274 e. The molecule has 0 unspecified atom stereocenters. The number of amides is 1. The fraction of sp³-hybridized carbons (Fsp3) is 0.545. The predicted octanol–water partition coefficient (Wildman–Crippen LogP) is 3.37. The molecule has 1 amide bonds. The van der Waals surface area contributed by atoms with E-state index in [9.17, 15) is 4.79 Å².